The van der Waals surface area contributed by atoms with Gasteiger partial charge in [-0.05, 0) is 24.3 Å². The first kappa shape index (κ1) is 12.2. The Morgan fingerprint density at radius 3 is 2.65 bits per heavy atom. The zero-order valence-electron chi connectivity index (χ0n) is 9.17. The molecule has 0 fully saturated rings. The minimum absolute atomic E-state index is 0.103. The van der Waals surface area contributed by atoms with Gasteiger partial charge in [-0.25, -0.2) is 0 Å². The molecule has 0 aliphatic rings. The molecule has 0 aliphatic heterocycles. The number of ketones is 1. The van der Waals surface area contributed by atoms with Gasteiger partial charge in [-0.3, -0.25) is 4.79 Å². The molecule has 2 nitrogen and oxygen atoms in total. The molecule has 2 aromatic rings. The second-order valence-corrected chi connectivity index (χ2v) is 4.38. The molecule has 88 valence electrons. The SMILES string of the molecule is CCc1occc1C(=O)c1ccc(Cl)c(Cl)c1. The molecule has 0 unspecified atom stereocenters. The molecule has 1 aromatic carbocycles. The lowest BCUT2D eigenvalue weighted by molar-refractivity contribution is 0.103. The highest BCUT2D eigenvalue weighted by atomic mass is 35.5. The lowest BCUT2D eigenvalue weighted by atomic mass is 10.0. The summed E-state index contributed by atoms with van der Waals surface area (Å²) in [6.07, 6.45) is 2.19. The van der Waals surface area contributed by atoms with Gasteiger partial charge in [-0.2, -0.15) is 0 Å². The third kappa shape index (κ3) is 2.38. The van der Waals surface area contributed by atoms with Gasteiger partial charge in [0.05, 0.1) is 21.9 Å². The van der Waals surface area contributed by atoms with Crippen LogP contribution in [0.15, 0.2) is 34.9 Å². The van der Waals surface area contributed by atoms with Gasteiger partial charge < -0.3 is 4.42 Å². The summed E-state index contributed by atoms with van der Waals surface area (Å²) < 4.78 is 5.23. The summed E-state index contributed by atoms with van der Waals surface area (Å²) in [5.74, 6) is 0.579. The number of furan rings is 1. The maximum absolute atomic E-state index is 12.2. The minimum atomic E-state index is -0.103. The number of hydrogen-bond acceptors (Lipinski definition) is 2. The van der Waals surface area contributed by atoms with Crippen LogP contribution >= 0.6 is 23.2 Å². The Morgan fingerprint density at radius 1 is 1.24 bits per heavy atom. The molecule has 0 amide bonds. The first-order chi connectivity index (χ1) is 8.13. The molecule has 0 N–H and O–H groups in total. The predicted molar refractivity (Wildman–Crippen MR) is 68.0 cm³/mol. The molecule has 0 spiro atoms. The first-order valence-electron chi connectivity index (χ1n) is 5.19. The number of halogens is 2. The van der Waals surface area contributed by atoms with Crippen LogP contribution in [0.1, 0.15) is 28.6 Å². The second kappa shape index (κ2) is 4.94. The van der Waals surface area contributed by atoms with Crippen molar-refractivity contribution in [3.8, 4) is 0 Å². The van der Waals surface area contributed by atoms with E-state index in [2.05, 4.69) is 0 Å². The van der Waals surface area contributed by atoms with Gasteiger partial charge in [0.2, 0.25) is 0 Å². The van der Waals surface area contributed by atoms with Crippen LogP contribution in [-0.2, 0) is 6.42 Å². The Labute approximate surface area is 109 Å². The van der Waals surface area contributed by atoms with Crippen molar-refractivity contribution in [3.63, 3.8) is 0 Å². The normalized spacial score (nSPS) is 10.5. The zero-order valence-corrected chi connectivity index (χ0v) is 10.7. The van der Waals surface area contributed by atoms with Crippen molar-refractivity contribution in [2.45, 2.75) is 13.3 Å². The standard InChI is InChI=1S/C13H10Cl2O2/c1-2-12-9(5-6-17-12)13(16)8-3-4-10(14)11(15)7-8/h3-7H,2H2,1H3. The van der Waals surface area contributed by atoms with Crippen LogP contribution in [-0.4, -0.2) is 5.78 Å². The lowest BCUT2D eigenvalue weighted by Crippen LogP contribution is -2.02. The molecular formula is C13H10Cl2O2. The van der Waals surface area contributed by atoms with Crippen LogP contribution < -0.4 is 0 Å². The summed E-state index contributed by atoms with van der Waals surface area (Å²) >= 11 is 11.7. The summed E-state index contributed by atoms with van der Waals surface area (Å²) in [5, 5.41) is 0.810. The quantitative estimate of drug-likeness (QED) is 0.774. The molecule has 0 saturated heterocycles. The van der Waals surface area contributed by atoms with Gasteiger partial charge in [-0.15, -0.1) is 0 Å². The summed E-state index contributed by atoms with van der Waals surface area (Å²) in [5.41, 5.74) is 1.08. The molecule has 0 radical (unpaired) electrons. The maximum atomic E-state index is 12.2. The summed E-state index contributed by atoms with van der Waals surface area (Å²) in [6.45, 7) is 1.93. The van der Waals surface area contributed by atoms with Crippen molar-refractivity contribution >= 4 is 29.0 Å². The Balaban J connectivity index is 2.40. The zero-order chi connectivity index (χ0) is 12.4. The van der Waals surface area contributed by atoms with Gasteiger partial charge in [0.1, 0.15) is 5.76 Å². The van der Waals surface area contributed by atoms with E-state index in [9.17, 15) is 4.79 Å². The fourth-order valence-corrected chi connectivity index (χ4v) is 1.91. The molecule has 1 aromatic heterocycles. The highest BCUT2D eigenvalue weighted by Crippen LogP contribution is 2.25. The van der Waals surface area contributed by atoms with E-state index >= 15 is 0 Å². The molecule has 0 atom stereocenters. The monoisotopic (exact) mass is 268 g/mol. The minimum Gasteiger partial charge on any atom is -0.469 e. The van der Waals surface area contributed by atoms with Crippen molar-refractivity contribution in [3.05, 3.63) is 57.5 Å². The highest BCUT2D eigenvalue weighted by molar-refractivity contribution is 6.42. The van der Waals surface area contributed by atoms with E-state index in [4.69, 9.17) is 27.6 Å². The highest BCUT2D eigenvalue weighted by Gasteiger charge is 2.16. The second-order valence-electron chi connectivity index (χ2n) is 3.57. The van der Waals surface area contributed by atoms with E-state index in [1.807, 2.05) is 6.92 Å². The average Bonchev–Trinajstić information content (AvgIpc) is 2.80. The fraction of sp³-hybridized carbons (Fsp3) is 0.154. The van der Waals surface area contributed by atoms with Gasteiger partial charge in [0.15, 0.2) is 5.78 Å². The van der Waals surface area contributed by atoms with E-state index in [0.717, 1.165) is 0 Å². The van der Waals surface area contributed by atoms with E-state index in [0.29, 0.717) is 33.4 Å². The van der Waals surface area contributed by atoms with E-state index in [1.165, 1.54) is 6.26 Å². The van der Waals surface area contributed by atoms with Crippen LogP contribution in [0.4, 0.5) is 0 Å². The Kier molecular flexibility index (Phi) is 3.55. The van der Waals surface area contributed by atoms with E-state index in [1.54, 1.807) is 24.3 Å². The van der Waals surface area contributed by atoms with Crippen molar-refractivity contribution in [2.75, 3.05) is 0 Å². The molecule has 17 heavy (non-hydrogen) atoms. The van der Waals surface area contributed by atoms with Crippen LogP contribution in [0.25, 0.3) is 0 Å². The molecule has 0 bridgehead atoms. The van der Waals surface area contributed by atoms with Crippen LogP contribution in [0.5, 0.6) is 0 Å². The number of hydrogen-bond donors (Lipinski definition) is 0. The number of rotatable bonds is 3. The summed E-state index contributed by atoms with van der Waals surface area (Å²) in [6, 6.07) is 6.51. The van der Waals surface area contributed by atoms with Crippen molar-refractivity contribution in [1.82, 2.24) is 0 Å². The van der Waals surface area contributed by atoms with Gasteiger partial charge >= 0.3 is 0 Å². The molecule has 0 aliphatic carbocycles. The van der Waals surface area contributed by atoms with Crippen LogP contribution in [0.2, 0.25) is 10.0 Å². The Morgan fingerprint density at radius 2 is 2.00 bits per heavy atom. The molecular weight excluding hydrogens is 259 g/mol. The third-order valence-electron chi connectivity index (χ3n) is 2.49. The molecule has 4 heteroatoms. The number of carbonyl (C=O) groups excluding carboxylic acids is 1. The van der Waals surface area contributed by atoms with Crippen molar-refractivity contribution in [1.29, 1.82) is 0 Å². The van der Waals surface area contributed by atoms with Gasteiger partial charge in [0, 0.05) is 12.0 Å². The Hall–Kier alpha value is -1.25. The third-order valence-corrected chi connectivity index (χ3v) is 3.23. The van der Waals surface area contributed by atoms with E-state index in [-0.39, 0.29) is 5.78 Å². The fourth-order valence-electron chi connectivity index (χ4n) is 1.61. The predicted octanol–water partition coefficient (Wildman–Crippen LogP) is 4.38. The Bertz CT molecular complexity index is 558. The van der Waals surface area contributed by atoms with Crippen LogP contribution in [0, 0.1) is 0 Å². The maximum Gasteiger partial charge on any atom is 0.196 e. The topological polar surface area (TPSA) is 30.2 Å². The van der Waals surface area contributed by atoms with E-state index < -0.39 is 0 Å². The molecule has 0 saturated carbocycles. The van der Waals surface area contributed by atoms with Crippen LogP contribution in [0.3, 0.4) is 0 Å². The van der Waals surface area contributed by atoms with Gasteiger partial charge in [-0.1, -0.05) is 30.1 Å². The average molecular weight is 269 g/mol. The largest absolute Gasteiger partial charge is 0.469 e. The number of benzene rings is 1. The molecule has 2 rings (SSSR count). The summed E-state index contributed by atoms with van der Waals surface area (Å²) in [7, 11) is 0. The first-order valence-corrected chi connectivity index (χ1v) is 5.95. The van der Waals surface area contributed by atoms with Crippen molar-refractivity contribution < 1.29 is 9.21 Å². The smallest absolute Gasteiger partial charge is 0.196 e. The number of carbonyl (C=O) groups is 1. The van der Waals surface area contributed by atoms with Crippen molar-refractivity contribution in [2.24, 2.45) is 0 Å². The molecule has 1 heterocycles. The van der Waals surface area contributed by atoms with Gasteiger partial charge in [0.25, 0.3) is 0 Å². The summed E-state index contributed by atoms with van der Waals surface area (Å²) in [4.78, 5) is 12.2. The number of aryl methyl sites for hydroxylation is 1. The lowest BCUT2D eigenvalue weighted by Gasteiger charge is -2.02.